The quantitative estimate of drug-likeness (QED) is 0.459. The normalized spacial score (nSPS) is 12.6. The molecule has 0 rings (SSSR count). The monoisotopic (exact) mass is 333 g/mol. The predicted molar refractivity (Wildman–Crippen MR) is 65.4 cm³/mol. The summed E-state index contributed by atoms with van der Waals surface area (Å²) >= 11 is 2.20. The number of amides is 1. The van der Waals surface area contributed by atoms with Crippen molar-refractivity contribution >= 4 is 38.3 Å². The lowest BCUT2D eigenvalue weighted by molar-refractivity contribution is -0.122. The van der Waals surface area contributed by atoms with Crippen LogP contribution in [-0.2, 0) is 14.6 Å². The standard InChI is InChI=1S/C8H16INO3S/c1-8(2,14(3,12)13)7(11)10-6-4-5-9/h4-6H2,1-3H3,(H,10,11). The van der Waals surface area contributed by atoms with Crippen molar-refractivity contribution in [2.24, 2.45) is 0 Å². The molecule has 0 unspecified atom stereocenters. The fourth-order valence-electron chi connectivity index (χ4n) is 0.650. The zero-order valence-electron chi connectivity index (χ0n) is 8.63. The number of carbonyl (C=O) groups is 1. The van der Waals surface area contributed by atoms with Gasteiger partial charge in [-0.25, -0.2) is 8.42 Å². The number of carbonyl (C=O) groups excluding carboxylic acids is 1. The maximum absolute atomic E-state index is 11.5. The minimum Gasteiger partial charge on any atom is -0.355 e. The van der Waals surface area contributed by atoms with E-state index in [4.69, 9.17) is 0 Å². The summed E-state index contributed by atoms with van der Waals surface area (Å²) in [4.78, 5) is 11.5. The molecule has 0 saturated carbocycles. The van der Waals surface area contributed by atoms with E-state index in [1.807, 2.05) is 0 Å². The van der Waals surface area contributed by atoms with E-state index in [1.54, 1.807) is 0 Å². The Morgan fingerprint density at radius 3 is 2.29 bits per heavy atom. The molecule has 0 radical (unpaired) electrons. The van der Waals surface area contributed by atoms with Crippen LogP contribution in [0.5, 0.6) is 0 Å². The average molecular weight is 333 g/mol. The van der Waals surface area contributed by atoms with Crippen LogP contribution in [0.2, 0.25) is 0 Å². The molecule has 14 heavy (non-hydrogen) atoms. The number of sulfone groups is 1. The van der Waals surface area contributed by atoms with Gasteiger partial charge >= 0.3 is 0 Å². The van der Waals surface area contributed by atoms with Crippen LogP contribution >= 0.6 is 22.6 Å². The van der Waals surface area contributed by atoms with E-state index in [9.17, 15) is 13.2 Å². The highest BCUT2D eigenvalue weighted by atomic mass is 127. The summed E-state index contributed by atoms with van der Waals surface area (Å²) < 4.78 is 22.1. The molecule has 84 valence electrons. The van der Waals surface area contributed by atoms with E-state index in [-0.39, 0.29) is 0 Å². The van der Waals surface area contributed by atoms with Crippen molar-refractivity contribution in [2.45, 2.75) is 25.0 Å². The highest BCUT2D eigenvalue weighted by Gasteiger charge is 2.37. The van der Waals surface area contributed by atoms with Gasteiger partial charge in [0, 0.05) is 17.2 Å². The molecule has 0 bridgehead atoms. The molecule has 0 aliphatic rings. The number of nitrogens with one attached hydrogen (secondary N) is 1. The van der Waals surface area contributed by atoms with Gasteiger partial charge in [0.2, 0.25) is 5.91 Å². The largest absolute Gasteiger partial charge is 0.355 e. The second-order valence-electron chi connectivity index (χ2n) is 3.58. The van der Waals surface area contributed by atoms with E-state index < -0.39 is 20.5 Å². The first-order valence-corrected chi connectivity index (χ1v) is 7.69. The lowest BCUT2D eigenvalue weighted by Gasteiger charge is -2.21. The molecule has 1 N–H and O–H groups in total. The molecule has 4 nitrogen and oxygen atoms in total. The Morgan fingerprint density at radius 1 is 1.43 bits per heavy atom. The van der Waals surface area contributed by atoms with Crippen LogP contribution in [-0.4, -0.2) is 36.3 Å². The number of halogens is 1. The van der Waals surface area contributed by atoms with Gasteiger partial charge in [0.05, 0.1) is 0 Å². The summed E-state index contributed by atoms with van der Waals surface area (Å²) in [5.74, 6) is -0.426. The number of hydrogen-bond donors (Lipinski definition) is 1. The molecule has 0 aromatic heterocycles. The van der Waals surface area contributed by atoms with Crippen molar-refractivity contribution < 1.29 is 13.2 Å². The van der Waals surface area contributed by atoms with E-state index in [0.717, 1.165) is 17.1 Å². The van der Waals surface area contributed by atoms with Crippen LogP contribution in [0.15, 0.2) is 0 Å². The lowest BCUT2D eigenvalue weighted by atomic mass is 10.2. The Labute approximate surface area is 98.9 Å². The second-order valence-corrected chi connectivity index (χ2v) is 7.22. The number of hydrogen-bond acceptors (Lipinski definition) is 3. The second kappa shape index (κ2) is 5.29. The minimum atomic E-state index is -3.35. The van der Waals surface area contributed by atoms with E-state index in [1.165, 1.54) is 13.8 Å². The lowest BCUT2D eigenvalue weighted by Crippen LogP contribution is -2.47. The van der Waals surface area contributed by atoms with Crippen LogP contribution in [0.3, 0.4) is 0 Å². The molecule has 0 atom stereocenters. The van der Waals surface area contributed by atoms with Crippen LogP contribution in [0.4, 0.5) is 0 Å². The minimum absolute atomic E-state index is 0.426. The van der Waals surface area contributed by atoms with Gasteiger partial charge in [0.1, 0.15) is 4.75 Å². The molecular weight excluding hydrogens is 317 g/mol. The fraction of sp³-hybridized carbons (Fsp3) is 0.875. The van der Waals surface area contributed by atoms with E-state index >= 15 is 0 Å². The molecule has 1 amide bonds. The smallest absolute Gasteiger partial charge is 0.240 e. The SMILES string of the molecule is CC(C)(C(=O)NCCCI)S(C)(=O)=O. The van der Waals surface area contributed by atoms with Crippen LogP contribution < -0.4 is 5.32 Å². The number of alkyl halides is 1. The van der Waals surface area contributed by atoms with E-state index in [0.29, 0.717) is 6.54 Å². The first kappa shape index (κ1) is 14.2. The predicted octanol–water partition coefficient (Wildman–Crippen LogP) is 0.751. The molecule has 0 aliphatic carbocycles. The Bertz CT molecular complexity index is 298. The fourth-order valence-corrected chi connectivity index (χ4v) is 1.44. The van der Waals surface area contributed by atoms with Crippen molar-refractivity contribution in [3.05, 3.63) is 0 Å². The van der Waals surface area contributed by atoms with Gasteiger partial charge in [-0.2, -0.15) is 0 Å². The zero-order chi connectivity index (χ0) is 11.4. The summed E-state index contributed by atoms with van der Waals surface area (Å²) in [6.45, 7) is 3.37. The third-order valence-corrected chi connectivity index (χ3v) is 4.87. The summed E-state index contributed by atoms with van der Waals surface area (Å²) in [7, 11) is -3.35. The third kappa shape index (κ3) is 3.72. The molecule has 0 aliphatic heterocycles. The Balaban J connectivity index is 4.39. The molecule has 0 spiro atoms. The van der Waals surface area contributed by atoms with Crippen molar-refractivity contribution in [3.63, 3.8) is 0 Å². The average Bonchev–Trinajstić information content (AvgIpc) is 2.02. The molecule has 0 fully saturated rings. The van der Waals surface area contributed by atoms with Gasteiger partial charge in [-0.15, -0.1) is 0 Å². The first-order valence-electron chi connectivity index (χ1n) is 4.27. The molecule has 0 aromatic carbocycles. The molecule has 6 heteroatoms. The van der Waals surface area contributed by atoms with E-state index in [2.05, 4.69) is 27.9 Å². The number of rotatable bonds is 5. The van der Waals surface area contributed by atoms with Crippen LogP contribution in [0.25, 0.3) is 0 Å². The Hall–Kier alpha value is 0.150. The van der Waals surface area contributed by atoms with Gasteiger partial charge in [-0.05, 0) is 20.3 Å². The summed E-state index contributed by atoms with van der Waals surface area (Å²) in [5.41, 5.74) is 0. The van der Waals surface area contributed by atoms with Gasteiger partial charge in [0.15, 0.2) is 9.84 Å². The van der Waals surface area contributed by atoms with Crippen molar-refractivity contribution in [1.29, 1.82) is 0 Å². The van der Waals surface area contributed by atoms with Gasteiger partial charge in [-0.1, -0.05) is 22.6 Å². The highest BCUT2D eigenvalue weighted by Crippen LogP contribution is 2.14. The highest BCUT2D eigenvalue weighted by molar-refractivity contribution is 14.1. The third-order valence-electron chi connectivity index (χ3n) is 2.07. The topological polar surface area (TPSA) is 63.2 Å². The Morgan fingerprint density at radius 2 is 1.93 bits per heavy atom. The summed E-state index contributed by atoms with van der Waals surface area (Å²) in [6.07, 6.45) is 1.93. The Kier molecular flexibility index (Phi) is 5.35. The van der Waals surface area contributed by atoms with Crippen LogP contribution in [0.1, 0.15) is 20.3 Å². The molecular formula is C8H16INO3S. The molecule has 0 heterocycles. The molecule has 0 saturated heterocycles. The van der Waals surface area contributed by atoms with Gasteiger partial charge in [0.25, 0.3) is 0 Å². The first-order chi connectivity index (χ1) is 6.23. The molecule has 0 aromatic rings. The van der Waals surface area contributed by atoms with Crippen LogP contribution in [0, 0.1) is 0 Å². The van der Waals surface area contributed by atoms with Crippen molar-refractivity contribution in [1.82, 2.24) is 5.32 Å². The maximum Gasteiger partial charge on any atom is 0.240 e. The summed E-state index contributed by atoms with van der Waals surface area (Å²) in [6, 6.07) is 0. The van der Waals surface area contributed by atoms with Crippen molar-refractivity contribution in [3.8, 4) is 0 Å². The maximum atomic E-state index is 11.5. The van der Waals surface area contributed by atoms with Gasteiger partial charge in [-0.3, -0.25) is 4.79 Å². The van der Waals surface area contributed by atoms with Crippen molar-refractivity contribution in [2.75, 3.05) is 17.2 Å². The summed E-state index contributed by atoms with van der Waals surface area (Å²) in [5, 5.41) is 2.61. The zero-order valence-corrected chi connectivity index (χ0v) is 11.6. The van der Waals surface area contributed by atoms with Gasteiger partial charge < -0.3 is 5.32 Å².